The number of carbonyl (C=O) groups excluding carboxylic acids is 1. The van der Waals surface area contributed by atoms with Crippen molar-refractivity contribution in [1.29, 1.82) is 0 Å². The fourth-order valence-corrected chi connectivity index (χ4v) is 4.30. The highest BCUT2D eigenvalue weighted by molar-refractivity contribution is 5.98. The molecule has 2 N–H and O–H groups in total. The molecule has 1 saturated carbocycles. The van der Waals surface area contributed by atoms with Crippen molar-refractivity contribution in [2.75, 3.05) is 6.54 Å². The summed E-state index contributed by atoms with van der Waals surface area (Å²) in [5.74, 6) is -0.605. The van der Waals surface area contributed by atoms with Gasteiger partial charge < -0.3 is 15.2 Å². The third kappa shape index (κ3) is 5.44. The molecule has 164 valence electrons. The molecule has 0 radical (unpaired) electrons. The number of rotatable bonds is 6. The second-order valence-corrected chi connectivity index (χ2v) is 8.08. The Hall–Kier alpha value is -2.87. The van der Waals surface area contributed by atoms with Crippen LogP contribution in [0.25, 0.3) is 10.9 Å². The van der Waals surface area contributed by atoms with Gasteiger partial charge in [0.05, 0.1) is 0 Å². The largest absolute Gasteiger partial charge is 0.406 e. The summed E-state index contributed by atoms with van der Waals surface area (Å²) in [7, 11) is 0. The van der Waals surface area contributed by atoms with Crippen LogP contribution in [0.4, 0.5) is 13.2 Å². The van der Waals surface area contributed by atoms with Crippen molar-refractivity contribution in [3.63, 3.8) is 0 Å². The zero-order valence-corrected chi connectivity index (χ0v) is 17.0. The van der Waals surface area contributed by atoms with Gasteiger partial charge in [0.1, 0.15) is 12.2 Å². The fraction of sp³-hybridized carbons (Fsp3) is 0.391. The predicted octanol–water partition coefficient (Wildman–Crippen LogP) is 4.67. The molecular weight excluding hydrogens is 405 g/mol. The number of carbonyl (C=O) groups is 1. The molecule has 0 saturated heterocycles. The second-order valence-electron chi connectivity index (χ2n) is 8.08. The summed E-state index contributed by atoms with van der Waals surface area (Å²) in [6.07, 6.45) is 1.70. The number of fused-ring (bicyclic) bond motifs is 1. The number of nitrogens with one attached hydrogen (secondary N) is 2. The average Bonchev–Trinajstić information content (AvgIpc) is 3.20. The molecule has 1 unspecified atom stereocenters. The van der Waals surface area contributed by atoms with Crippen LogP contribution in [0.5, 0.6) is 0 Å². The highest BCUT2D eigenvalue weighted by Crippen LogP contribution is 2.29. The highest BCUT2D eigenvalue weighted by atomic mass is 19.4. The summed E-state index contributed by atoms with van der Waals surface area (Å²) in [5, 5.41) is 4.22. The number of aromatic amines is 1. The Kier molecular flexibility index (Phi) is 6.27. The Bertz CT molecular complexity index is 985. The Labute approximate surface area is 178 Å². The molecule has 0 spiro atoms. The number of halogens is 3. The van der Waals surface area contributed by atoms with E-state index in [0.717, 1.165) is 34.2 Å². The molecule has 2 heterocycles. The number of benzene rings is 1. The van der Waals surface area contributed by atoms with Crippen LogP contribution in [0, 0.1) is 0 Å². The van der Waals surface area contributed by atoms with Gasteiger partial charge >= 0.3 is 6.18 Å². The normalized spacial score (nSPS) is 19.5. The number of hydrogen-bond acceptors (Lipinski definition) is 3. The lowest BCUT2D eigenvalue weighted by Gasteiger charge is -2.38. The standard InChI is InChI=1S/C23H25F3N4O/c24-23(25,26)15-30(22(31)21-11-17-6-1-2-9-20(17)29-21)19-8-3-7-18(12-19)28-14-16-5-4-10-27-13-16/h1-2,4-6,9-11,13,18-19,28-29H,3,7-8,12,14-15H2/t18?,19-/m0/s1. The number of aromatic nitrogens is 2. The van der Waals surface area contributed by atoms with Crippen LogP contribution in [-0.4, -0.2) is 45.6 Å². The van der Waals surface area contributed by atoms with Crippen molar-refractivity contribution in [2.45, 2.75) is 50.5 Å². The fourth-order valence-electron chi connectivity index (χ4n) is 4.30. The first-order chi connectivity index (χ1) is 14.9. The van der Waals surface area contributed by atoms with Gasteiger partial charge in [-0.25, -0.2) is 0 Å². The molecule has 2 aromatic heterocycles. The molecule has 1 aliphatic rings. The number of pyridine rings is 1. The molecule has 8 heteroatoms. The van der Waals surface area contributed by atoms with Crippen molar-refractivity contribution in [3.8, 4) is 0 Å². The minimum atomic E-state index is -4.46. The van der Waals surface area contributed by atoms with Crippen LogP contribution in [-0.2, 0) is 6.54 Å². The van der Waals surface area contributed by atoms with Gasteiger partial charge in [-0.1, -0.05) is 24.3 Å². The van der Waals surface area contributed by atoms with Gasteiger partial charge in [0.25, 0.3) is 5.91 Å². The van der Waals surface area contributed by atoms with Crippen molar-refractivity contribution < 1.29 is 18.0 Å². The summed E-state index contributed by atoms with van der Waals surface area (Å²) in [5.41, 5.74) is 1.94. The molecule has 1 amide bonds. The highest BCUT2D eigenvalue weighted by Gasteiger charge is 2.39. The zero-order valence-electron chi connectivity index (χ0n) is 17.0. The molecule has 3 aromatic rings. The van der Waals surface area contributed by atoms with Crippen LogP contribution in [0.3, 0.4) is 0 Å². The topological polar surface area (TPSA) is 61.0 Å². The minimum absolute atomic E-state index is 0.0465. The Morgan fingerprint density at radius 3 is 2.77 bits per heavy atom. The second kappa shape index (κ2) is 9.09. The molecule has 2 atom stereocenters. The van der Waals surface area contributed by atoms with Gasteiger partial charge in [-0.3, -0.25) is 9.78 Å². The third-order valence-electron chi connectivity index (χ3n) is 5.78. The van der Waals surface area contributed by atoms with E-state index in [1.165, 1.54) is 0 Å². The first-order valence-corrected chi connectivity index (χ1v) is 10.5. The molecule has 5 nitrogen and oxygen atoms in total. The van der Waals surface area contributed by atoms with Gasteiger partial charge in [0.2, 0.25) is 0 Å². The van der Waals surface area contributed by atoms with E-state index in [-0.39, 0.29) is 11.7 Å². The SMILES string of the molecule is O=C(c1cc2ccccc2[nH]1)N(CC(F)(F)F)[C@H]1CCCC(NCc2cccnc2)C1. The summed E-state index contributed by atoms with van der Waals surface area (Å²) in [6, 6.07) is 12.3. The maximum absolute atomic E-state index is 13.4. The van der Waals surface area contributed by atoms with Crippen molar-refractivity contribution >= 4 is 16.8 Å². The van der Waals surface area contributed by atoms with Gasteiger partial charge in [-0.15, -0.1) is 0 Å². The lowest BCUT2D eigenvalue weighted by atomic mass is 9.89. The third-order valence-corrected chi connectivity index (χ3v) is 5.78. The summed E-state index contributed by atoms with van der Waals surface area (Å²) in [4.78, 5) is 21.2. The molecule has 4 rings (SSSR count). The molecule has 1 aliphatic carbocycles. The molecule has 1 fully saturated rings. The van der Waals surface area contributed by atoms with E-state index in [1.807, 2.05) is 30.3 Å². The zero-order chi connectivity index (χ0) is 21.8. The van der Waals surface area contributed by atoms with Gasteiger partial charge in [-0.2, -0.15) is 13.2 Å². The Balaban J connectivity index is 1.50. The smallest absolute Gasteiger partial charge is 0.351 e. The number of nitrogens with zero attached hydrogens (tertiary/aromatic N) is 2. The monoisotopic (exact) mass is 430 g/mol. The van der Waals surface area contributed by atoms with Crippen LogP contribution in [0.1, 0.15) is 41.7 Å². The van der Waals surface area contributed by atoms with E-state index in [0.29, 0.717) is 19.4 Å². The summed E-state index contributed by atoms with van der Waals surface area (Å²) < 4.78 is 40.1. The number of hydrogen-bond donors (Lipinski definition) is 2. The molecule has 0 bridgehead atoms. The van der Waals surface area contributed by atoms with E-state index in [1.54, 1.807) is 24.5 Å². The quantitative estimate of drug-likeness (QED) is 0.598. The molecule has 0 aliphatic heterocycles. The van der Waals surface area contributed by atoms with Gasteiger partial charge in [-0.05, 0) is 49.4 Å². The van der Waals surface area contributed by atoms with E-state index in [2.05, 4.69) is 15.3 Å². The molecular formula is C23H25F3N4O. The van der Waals surface area contributed by atoms with Crippen molar-refractivity contribution in [1.82, 2.24) is 20.2 Å². The summed E-state index contributed by atoms with van der Waals surface area (Å²) in [6.45, 7) is -0.651. The van der Waals surface area contributed by atoms with Crippen LogP contribution in [0.15, 0.2) is 54.9 Å². The van der Waals surface area contributed by atoms with Crippen molar-refractivity contribution in [2.24, 2.45) is 0 Å². The lowest BCUT2D eigenvalue weighted by Crippen LogP contribution is -2.50. The minimum Gasteiger partial charge on any atom is -0.351 e. The van der Waals surface area contributed by atoms with Gasteiger partial charge in [0.15, 0.2) is 0 Å². The van der Waals surface area contributed by atoms with Gasteiger partial charge in [0, 0.05) is 41.9 Å². The first-order valence-electron chi connectivity index (χ1n) is 10.5. The van der Waals surface area contributed by atoms with E-state index >= 15 is 0 Å². The number of H-pyrrole nitrogens is 1. The first kappa shape index (κ1) is 21.4. The number of alkyl halides is 3. The Morgan fingerprint density at radius 2 is 2.03 bits per heavy atom. The van der Waals surface area contributed by atoms with E-state index in [4.69, 9.17) is 0 Å². The Morgan fingerprint density at radius 1 is 1.19 bits per heavy atom. The maximum Gasteiger partial charge on any atom is 0.406 e. The number of para-hydroxylation sites is 1. The number of amides is 1. The van der Waals surface area contributed by atoms with Crippen LogP contribution < -0.4 is 5.32 Å². The predicted molar refractivity (Wildman–Crippen MR) is 113 cm³/mol. The maximum atomic E-state index is 13.4. The van der Waals surface area contributed by atoms with Crippen LogP contribution >= 0.6 is 0 Å². The lowest BCUT2D eigenvalue weighted by molar-refractivity contribution is -0.146. The average molecular weight is 430 g/mol. The molecule has 1 aromatic carbocycles. The molecule has 31 heavy (non-hydrogen) atoms. The van der Waals surface area contributed by atoms with Crippen molar-refractivity contribution in [3.05, 3.63) is 66.1 Å². The van der Waals surface area contributed by atoms with E-state index < -0.39 is 24.7 Å². The van der Waals surface area contributed by atoms with E-state index in [9.17, 15) is 18.0 Å². The van der Waals surface area contributed by atoms with Crippen LogP contribution in [0.2, 0.25) is 0 Å². The summed E-state index contributed by atoms with van der Waals surface area (Å²) >= 11 is 0.